The fourth-order valence-corrected chi connectivity index (χ4v) is 2.88. The molecule has 1 heterocycles. The van der Waals surface area contributed by atoms with Gasteiger partial charge in [0, 0.05) is 10.6 Å². The molecule has 148 valence electrons. The molecule has 3 rings (SSSR count). The minimum atomic E-state index is -0.676. The Morgan fingerprint density at radius 3 is 2.62 bits per heavy atom. The summed E-state index contributed by atoms with van der Waals surface area (Å²) in [5, 5.41) is 20.0. The van der Waals surface area contributed by atoms with Crippen LogP contribution >= 0.6 is 34.8 Å². The molecule has 1 amide bonds. The average molecular weight is 453 g/mol. The number of aromatic nitrogens is 2. The number of benzene rings is 2. The monoisotopic (exact) mass is 451 g/mol. The number of nitrogens with zero attached hydrogens (tertiary/aromatic N) is 4. The number of amides is 1. The van der Waals surface area contributed by atoms with Crippen LogP contribution in [0.1, 0.15) is 21.6 Å². The van der Waals surface area contributed by atoms with Crippen LogP contribution in [-0.4, -0.2) is 26.8 Å². The van der Waals surface area contributed by atoms with Gasteiger partial charge in [-0.25, -0.2) is 5.43 Å². The van der Waals surface area contributed by atoms with Crippen molar-refractivity contribution in [2.75, 3.05) is 0 Å². The number of hydrogen-bond acceptors (Lipinski definition) is 5. The van der Waals surface area contributed by atoms with Crippen molar-refractivity contribution in [2.24, 2.45) is 5.10 Å². The van der Waals surface area contributed by atoms with Crippen LogP contribution in [-0.2, 0) is 6.54 Å². The average Bonchev–Trinajstić information content (AvgIpc) is 3.11. The molecule has 8 nitrogen and oxygen atoms in total. The smallest absolute Gasteiger partial charge is 0.358 e. The van der Waals surface area contributed by atoms with Crippen molar-refractivity contribution in [2.45, 2.75) is 6.54 Å². The third kappa shape index (κ3) is 5.11. The Morgan fingerprint density at radius 1 is 1.21 bits per heavy atom. The lowest BCUT2D eigenvalue weighted by Crippen LogP contribution is -2.22. The summed E-state index contributed by atoms with van der Waals surface area (Å²) in [5.74, 6) is -1.13. The normalized spacial score (nSPS) is 11.0. The van der Waals surface area contributed by atoms with Gasteiger partial charge in [0.15, 0.2) is 5.69 Å². The maximum atomic E-state index is 12.5. The van der Waals surface area contributed by atoms with Gasteiger partial charge in [-0.2, -0.15) is 9.78 Å². The maximum absolute atomic E-state index is 12.5. The van der Waals surface area contributed by atoms with Crippen molar-refractivity contribution in [1.29, 1.82) is 0 Å². The van der Waals surface area contributed by atoms with E-state index in [0.717, 1.165) is 11.6 Å². The van der Waals surface area contributed by atoms with E-state index in [-0.39, 0.29) is 17.3 Å². The molecule has 29 heavy (non-hydrogen) atoms. The van der Waals surface area contributed by atoms with Crippen LogP contribution in [0.25, 0.3) is 0 Å². The molecule has 2 aromatic carbocycles. The predicted molar refractivity (Wildman–Crippen MR) is 111 cm³/mol. The predicted octanol–water partition coefficient (Wildman–Crippen LogP) is 4.56. The summed E-state index contributed by atoms with van der Waals surface area (Å²) in [4.78, 5) is 22.9. The summed E-state index contributed by atoms with van der Waals surface area (Å²) in [6, 6.07) is 12.9. The van der Waals surface area contributed by atoms with E-state index in [9.17, 15) is 14.9 Å². The SMILES string of the molecule is O=C(N/N=C/c1cccc(Cl)c1Cl)c1cc([N+](=O)[O-])nn1Cc1ccc(Cl)cc1. The second kappa shape index (κ2) is 9.04. The zero-order valence-electron chi connectivity index (χ0n) is 14.6. The van der Waals surface area contributed by atoms with Gasteiger partial charge in [0.1, 0.15) is 0 Å². The van der Waals surface area contributed by atoms with Crippen molar-refractivity contribution in [3.05, 3.63) is 90.5 Å². The zero-order chi connectivity index (χ0) is 21.0. The Kier molecular flexibility index (Phi) is 6.48. The summed E-state index contributed by atoms with van der Waals surface area (Å²) in [7, 11) is 0. The third-order valence-electron chi connectivity index (χ3n) is 3.78. The molecule has 1 aromatic heterocycles. The first kappa shape index (κ1) is 20.8. The Labute approximate surface area is 179 Å². The number of carbonyl (C=O) groups is 1. The lowest BCUT2D eigenvalue weighted by atomic mass is 10.2. The minimum absolute atomic E-state index is 0.0269. The van der Waals surface area contributed by atoms with Crippen molar-refractivity contribution in [1.82, 2.24) is 15.2 Å². The van der Waals surface area contributed by atoms with Crippen LogP contribution < -0.4 is 5.43 Å². The molecule has 0 unspecified atom stereocenters. The highest BCUT2D eigenvalue weighted by atomic mass is 35.5. The quantitative estimate of drug-likeness (QED) is 0.336. The molecular weight excluding hydrogens is 441 g/mol. The van der Waals surface area contributed by atoms with Crippen LogP contribution in [0.15, 0.2) is 53.6 Å². The van der Waals surface area contributed by atoms with E-state index in [0.29, 0.717) is 15.6 Å². The van der Waals surface area contributed by atoms with E-state index in [2.05, 4.69) is 15.6 Å². The number of hydrogen-bond donors (Lipinski definition) is 1. The van der Waals surface area contributed by atoms with Gasteiger partial charge in [0.05, 0.1) is 34.0 Å². The Morgan fingerprint density at radius 2 is 1.93 bits per heavy atom. The van der Waals surface area contributed by atoms with Gasteiger partial charge in [-0.3, -0.25) is 4.79 Å². The largest absolute Gasteiger partial charge is 0.390 e. The summed E-state index contributed by atoms with van der Waals surface area (Å²) < 4.78 is 1.22. The topological polar surface area (TPSA) is 102 Å². The fourth-order valence-electron chi connectivity index (χ4n) is 2.40. The number of hydrazone groups is 1. The molecule has 0 fully saturated rings. The third-order valence-corrected chi connectivity index (χ3v) is 4.87. The molecule has 0 spiro atoms. The van der Waals surface area contributed by atoms with E-state index >= 15 is 0 Å². The molecule has 0 saturated heterocycles. The first-order valence-electron chi connectivity index (χ1n) is 8.09. The lowest BCUT2D eigenvalue weighted by molar-refractivity contribution is -0.389. The fraction of sp³-hybridized carbons (Fsp3) is 0.0556. The summed E-state index contributed by atoms with van der Waals surface area (Å²) in [6.07, 6.45) is 1.32. The highest BCUT2D eigenvalue weighted by Gasteiger charge is 2.23. The van der Waals surface area contributed by atoms with Gasteiger partial charge in [0.25, 0.3) is 5.91 Å². The molecule has 0 aliphatic carbocycles. The van der Waals surface area contributed by atoms with Gasteiger partial charge in [0.2, 0.25) is 0 Å². The minimum Gasteiger partial charge on any atom is -0.358 e. The van der Waals surface area contributed by atoms with E-state index < -0.39 is 16.6 Å². The van der Waals surface area contributed by atoms with Crippen LogP contribution in [0.5, 0.6) is 0 Å². The van der Waals surface area contributed by atoms with Gasteiger partial charge in [-0.1, -0.05) is 59.1 Å². The maximum Gasteiger partial charge on any atom is 0.390 e. The van der Waals surface area contributed by atoms with Gasteiger partial charge in [-0.15, -0.1) is 0 Å². The van der Waals surface area contributed by atoms with E-state index in [4.69, 9.17) is 34.8 Å². The van der Waals surface area contributed by atoms with Crippen LogP contribution in [0.4, 0.5) is 5.82 Å². The molecule has 0 bridgehead atoms. The van der Waals surface area contributed by atoms with E-state index in [1.807, 2.05) is 0 Å². The summed E-state index contributed by atoms with van der Waals surface area (Å²) in [5.41, 5.74) is 3.54. The lowest BCUT2D eigenvalue weighted by Gasteiger charge is -2.03. The second-order valence-corrected chi connectivity index (χ2v) is 6.99. The molecular formula is C18H12Cl3N5O3. The number of nitrogens with one attached hydrogen (secondary N) is 1. The van der Waals surface area contributed by atoms with E-state index in [1.54, 1.807) is 42.5 Å². The number of rotatable bonds is 6. The Hall–Kier alpha value is -2.94. The van der Waals surface area contributed by atoms with Crippen molar-refractivity contribution >= 4 is 52.7 Å². The van der Waals surface area contributed by atoms with Gasteiger partial charge < -0.3 is 10.1 Å². The Balaban J connectivity index is 1.81. The highest BCUT2D eigenvalue weighted by molar-refractivity contribution is 6.43. The number of halogens is 3. The van der Waals surface area contributed by atoms with Gasteiger partial charge >= 0.3 is 5.82 Å². The number of carbonyl (C=O) groups excluding carboxylic acids is 1. The first-order chi connectivity index (χ1) is 13.8. The molecule has 0 atom stereocenters. The molecule has 0 radical (unpaired) electrons. The van der Waals surface area contributed by atoms with Gasteiger partial charge in [-0.05, 0) is 28.7 Å². The molecule has 1 N–H and O–H groups in total. The zero-order valence-corrected chi connectivity index (χ0v) is 16.8. The molecule has 3 aromatic rings. The highest BCUT2D eigenvalue weighted by Crippen LogP contribution is 2.24. The first-order valence-corrected chi connectivity index (χ1v) is 9.22. The van der Waals surface area contributed by atoms with Crippen molar-refractivity contribution in [3.8, 4) is 0 Å². The van der Waals surface area contributed by atoms with E-state index in [1.165, 1.54) is 10.9 Å². The second-order valence-electron chi connectivity index (χ2n) is 5.77. The summed E-state index contributed by atoms with van der Waals surface area (Å²) in [6.45, 7) is 0.137. The summed E-state index contributed by atoms with van der Waals surface area (Å²) >= 11 is 17.8. The van der Waals surface area contributed by atoms with Crippen molar-refractivity contribution in [3.63, 3.8) is 0 Å². The van der Waals surface area contributed by atoms with Crippen LogP contribution in [0, 0.1) is 10.1 Å². The molecule has 0 aliphatic rings. The number of nitro groups is 1. The molecule has 11 heteroatoms. The van der Waals surface area contributed by atoms with Crippen LogP contribution in [0.3, 0.4) is 0 Å². The standard InChI is InChI=1S/C18H12Cl3N5O3/c19-13-6-4-11(5-7-13)10-25-15(8-16(24-25)26(28)29)18(27)23-22-9-12-2-1-3-14(20)17(12)21/h1-9H,10H2,(H,23,27)/b22-9+. The molecule has 0 aliphatic heterocycles. The molecule has 0 saturated carbocycles. The van der Waals surface area contributed by atoms with Crippen molar-refractivity contribution < 1.29 is 9.72 Å². The van der Waals surface area contributed by atoms with Crippen LogP contribution in [0.2, 0.25) is 15.1 Å². The Bertz CT molecular complexity index is 1100.